The van der Waals surface area contributed by atoms with Gasteiger partial charge in [0.05, 0.1) is 0 Å². The summed E-state index contributed by atoms with van der Waals surface area (Å²) in [6, 6.07) is 5.44. The highest BCUT2D eigenvalue weighted by Gasteiger charge is 2.51. The third kappa shape index (κ3) is 3.30. The molecule has 2 N–H and O–H groups in total. The van der Waals surface area contributed by atoms with Gasteiger partial charge >= 0.3 is 0 Å². The number of rotatable bonds is 4. The predicted molar refractivity (Wildman–Crippen MR) is 108 cm³/mol. The van der Waals surface area contributed by atoms with Crippen molar-refractivity contribution in [2.45, 2.75) is 52.4 Å². The lowest BCUT2D eigenvalue weighted by Gasteiger charge is -2.57. The molecule has 1 aromatic rings. The second-order valence-corrected chi connectivity index (χ2v) is 9.07. The third-order valence-corrected chi connectivity index (χ3v) is 7.29. The van der Waals surface area contributed by atoms with Crippen LogP contribution < -0.4 is 10.6 Å². The summed E-state index contributed by atoms with van der Waals surface area (Å²) in [5.74, 6) is 2.39. The van der Waals surface area contributed by atoms with Crippen LogP contribution in [0.2, 0.25) is 0 Å². The Kier molecular flexibility index (Phi) is 4.61. The molecule has 1 aromatic carbocycles. The Morgan fingerprint density at radius 3 is 2.22 bits per heavy atom. The van der Waals surface area contributed by atoms with Crippen LogP contribution in [0.4, 0.5) is 5.69 Å². The first-order valence-electron chi connectivity index (χ1n) is 10.2. The number of nitrogens with one attached hydrogen (secondary N) is 2. The Morgan fingerprint density at radius 1 is 1.07 bits per heavy atom. The summed E-state index contributed by atoms with van der Waals surface area (Å²) in [4.78, 5) is 24.7. The quantitative estimate of drug-likeness (QED) is 0.773. The molecule has 0 spiro atoms. The lowest BCUT2D eigenvalue weighted by molar-refractivity contribution is -0.112. The summed E-state index contributed by atoms with van der Waals surface area (Å²) in [5.41, 5.74) is 3.60. The molecule has 0 radical (unpaired) electrons. The minimum Gasteiger partial charge on any atom is -0.355 e. The van der Waals surface area contributed by atoms with Crippen molar-refractivity contribution in [3.05, 3.63) is 41.0 Å². The number of allylic oxidation sites excluding steroid dienone is 1. The van der Waals surface area contributed by atoms with E-state index in [0.29, 0.717) is 11.3 Å². The number of benzene rings is 1. The average molecular weight is 367 g/mol. The molecular formula is C23H30N2O2. The highest BCUT2D eigenvalue weighted by Crippen LogP contribution is 2.62. The lowest BCUT2D eigenvalue weighted by atomic mass is 9.48. The number of anilines is 1. The maximum Gasteiger partial charge on any atom is 0.251 e. The second-order valence-electron chi connectivity index (χ2n) is 9.07. The van der Waals surface area contributed by atoms with E-state index in [-0.39, 0.29) is 17.2 Å². The zero-order valence-electron chi connectivity index (χ0n) is 16.6. The van der Waals surface area contributed by atoms with E-state index in [0.717, 1.165) is 23.3 Å². The largest absolute Gasteiger partial charge is 0.355 e. The van der Waals surface area contributed by atoms with Crippen LogP contribution in [-0.2, 0) is 4.79 Å². The van der Waals surface area contributed by atoms with Crippen LogP contribution in [0.1, 0.15) is 61.4 Å². The van der Waals surface area contributed by atoms with Gasteiger partial charge in [0.25, 0.3) is 5.91 Å². The summed E-state index contributed by atoms with van der Waals surface area (Å²) >= 11 is 0. The van der Waals surface area contributed by atoms with Gasteiger partial charge in [-0.3, -0.25) is 9.59 Å². The number of carbonyl (C=O) groups is 2. The number of hydrogen-bond acceptors (Lipinski definition) is 2. The van der Waals surface area contributed by atoms with Crippen LogP contribution in [0.3, 0.4) is 0 Å². The maximum absolute atomic E-state index is 12.7. The zero-order chi connectivity index (χ0) is 19.2. The van der Waals surface area contributed by atoms with Gasteiger partial charge in [0, 0.05) is 24.4 Å². The van der Waals surface area contributed by atoms with Crippen LogP contribution in [0.5, 0.6) is 0 Å². The van der Waals surface area contributed by atoms with Crippen molar-refractivity contribution in [3.63, 3.8) is 0 Å². The molecule has 4 heteroatoms. The number of carbonyl (C=O) groups excluding carboxylic acids is 2. The van der Waals surface area contributed by atoms with E-state index >= 15 is 0 Å². The van der Waals surface area contributed by atoms with Crippen LogP contribution in [0, 0.1) is 30.1 Å². The summed E-state index contributed by atoms with van der Waals surface area (Å²) in [6.07, 6.45) is 9.83. The van der Waals surface area contributed by atoms with Crippen LogP contribution in [0.25, 0.3) is 0 Å². The van der Waals surface area contributed by atoms with Crippen molar-refractivity contribution in [2.24, 2.45) is 23.2 Å². The van der Waals surface area contributed by atoms with Crippen molar-refractivity contribution in [1.29, 1.82) is 0 Å². The molecule has 4 aliphatic carbocycles. The van der Waals surface area contributed by atoms with E-state index < -0.39 is 0 Å². The monoisotopic (exact) mass is 366 g/mol. The molecule has 4 saturated carbocycles. The summed E-state index contributed by atoms with van der Waals surface area (Å²) < 4.78 is 0. The molecule has 144 valence electrons. The lowest BCUT2D eigenvalue weighted by Crippen LogP contribution is -2.46. The highest BCUT2D eigenvalue weighted by atomic mass is 16.2. The molecule has 2 amide bonds. The summed E-state index contributed by atoms with van der Waals surface area (Å²) in [7, 11) is 1.62. The maximum atomic E-state index is 12.7. The fourth-order valence-corrected chi connectivity index (χ4v) is 6.26. The van der Waals surface area contributed by atoms with Crippen LogP contribution in [-0.4, -0.2) is 18.9 Å². The van der Waals surface area contributed by atoms with Crippen molar-refractivity contribution in [1.82, 2.24) is 5.32 Å². The fraction of sp³-hybridized carbons (Fsp3) is 0.565. The van der Waals surface area contributed by atoms with E-state index in [1.807, 2.05) is 25.1 Å². The topological polar surface area (TPSA) is 58.2 Å². The van der Waals surface area contributed by atoms with E-state index in [9.17, 15) is 9.59 Å². The Hall–Kier alpha value is -2.10. The van der Waals surface area contributed by atoms with Crippen LogP contribution >= 0.6 is 0 Å². The summed E-state index contributed by atoms with van der Waals surface area (Å²) in [5, 5.41) is 5.64. The minimum absolute atomic E-state index is 0.0830. The Balaban J connectivity index is 1.52. The molecule has 5 rings (SSSR count). The Morgan fingerprint density at radius 2 is 1.67 bits per heavy atom. The SMILES string of the molecule is CNC(=O)c1cccc(NC(=O)/C=C(\C)C23CC4CC(CC(C4)C2)C3)c1C. The molecule has 0 atom stereocenters. The standard InChI is InChI=1S/C23H30N2O2/c1-14(23-11-16-8-17(12-23)10-18(9-16)13-23)7-21(26)25-20-6-4-5-19(15(20)2)22(27)24-3/h4-7,16-18H,8-13H2,1-3H3,(H,24,27)(H,25,26)/b14-7+. The van der Waals surface area contributed by atoms with Crippen molar-refractivity contribution in [3.8, 4) is 0 Å². The van der Waals surface area contributed by atoms with Crippen molar-refractivity contribution in [2.75, 3.05) is 12.4 Å². The van der Waals surface area contributed by atoms with Gasteiger partial charge in [-0.05, 0) is 93.2 Å². The molecule has 0 heterocycles. The molecule has 0 unspecified atom stereocenters. The molecular weight excluding hydrogens is 336 g/mol. The molecule has 0 saturated heterocycles. The molecule has 0 aliphatic heterocycles. The Bertz CT molecular complexity index is 773. The summed E-state index contributed by atoms with van der Waals surface area (Å²) in [6.45, 7) is 4.02. The molecule has 4 bridgehead atoms. The van der Waals surface area contributed by atoms with Gasteiger partial charge in [-0.1, -0.05) is 11.6 Å². The third-order valence-electron chi connectivity index (χ3n) is 7.29. The van der Waals surface area contributed by atoms with Gasteiger partial charge in [0.15, 0.2) is 0 Å². The second kappa shape index (κ2) is 6.81. The van der Waals surface area contributed by atoms with Gasteiger partial charge in [-0.25, -0.2) is 0 Å². The van der Waals surface area contributed by atoms with E-state index in [4.69, 9.17) is 0 Å². The van der Waals surface area contributed by atoms with Gasteiger partial charge in [0.2, 0.25) is 5.91 Å². The molecule has 27 heavy (non-hydrogen) atoms. The van der Waals surface area contributed by atoms with Crippen LogP contribution in [0.15, 0.2) is 29.8 Å². The van der Waals surface area contributed by atoms with Gasteiger partial charge in [-0.2, -0.15) is 0 Å². The van der Waals surface area contributed by atoms with Gasteiger partial charge in [0.1, 0.15) is 0 Å². The predicted octanol–water partition coefficient (Wildman–Crippen LogP) is 4.46. The first-order chi connectivity index (χ1) is 12.9. The molecule has 4 aliphatic rings. The first kappa shape index (κ1) is 18.3. The average Bonchev–Trinajstić information content (AvgIpc) is 2.61. The van der Waals surface area contributed by atoms with Gasteiger partial charge in [-0.15, -0.1) is 0 Å². The number of amides is 2. The van der Waals surface area contributed by atoms with E-state index in [2.05, 4.69) is 17.6 Å². The highest BCUT2D eigenvalue weighted by molar-refractivity contribution is 6.02. The van der Waals surface area contributed by atoms with E-state index in [1.54, 1.807) is 13.1 Å². The first-order valence-corrected chi connectivity index (χ1v) is 10.2. The molecule has 0 aromatic heterocycles. The van der Waals surface area contributed by atoms with Crippen molar-refractivity contribution < 1.29 is 9.59 Å². The zero-order valence-corrected chi connectivity index (χ0v) is 16.6. The van der Waals surface area contributed by atoms with Gasteiger partial charge < -0.3 is 10.6 Å². The minimum atomic E-state index is -0.135. The fourth-order valence-electron chi connectivity index (χ4n) is 6.26. The smallest absolute Gasteiger partial charge is 0.251 e. The number of hydrogen-bond donors (Lipinski definition) is 2. The Labute approximate surface area is 161 Å². The van der Waals surface area contributed by atoms with Crippen molar-refractivity contribution >= 4 is 17.5 Å². The normalized spacial score (nSPS) is 31.7. The molecule has 4 nitrogen and oxygen atoms in total. The molecule has 4 fully saturated rings. The van der Waals surface area contributed by atoms with E-state index in [1.165, 1.54) is 44.1 Å².